The number of carboxylic acid groups (broad SMARTS) is 1. The quantitative estimate of drug-likeness (QED) is 0.527. The number of carbonyl (C=O) groups excluding carboxylic acids is 1. The van der Waals surface area contributed by atoms with E-state index in [4.69, 9.17) is 13.9 Å². The van der Waals surface area contributed by atoms with Crippen LogP contribution in [0.3, 0.4) is 0 Å². The highest BCUT2D eigenvalue weighted by atomic mass is 16.7. The van der Waals surface area contributed by atoms with E-state index in [0.717, 1.165) is 11.1 Å². The Hall–Kier alpha value is -3.74. The molecule has 1 saturated heterocycles. The second-order valence-corrected chi connectivity index (χ2v) is 8.25. The molecule has 0 bridgehead atoms. The average Bonchev–Trinajstić information content (AvgIpc) is 3.36. The fraction of sp³-hybridized carbons (Fsp3) is 0.308. The summed E-state index contributed by atoms with van der Waals surface area (Å²) in [4.78, 5) is 27.2. The Morgan fingerprint density at radius 3 is 1.91 bits per heavy atom. The van der Waals surface area contributed by atoms with Gasteiger partial charge in [-0.05, 0) is 62.1 Å². The van der Waals surface area contributed by atoms with E-state index in [1.807, 2.05) is 38.1 Å². The number of aryl methyl sites for hydroxylation is 2. The first-order chi connectivity index (χ1) is 15.9. The van der Waals surface area contributed by atoms with Crippen LogP contribution in [0.4, 0.5) is 0 Å². The minimum Gasteiger partial charge on any atom is -0.475 e. The highest BCUT2D eigenvalue weighted by Gasteiger charge is 2.53. The maximum absolute atomic E-state index is 12.8. The van der Waals surface area contributed by atoms with Crippen LogP contribution in [0.2, 0.25) is 0 Å². The SMILES string of the molecule is Cc1ccccc1OC(Oc1ccccc1C)(C(=O)O)C1CCN(C(=O)c2ccco2)CC1. The predicted octanol–water partition coefficient (Wildman–Crippen LogP) is 4.69. The van der Waals surface area contributed by atoms with Crippen molar-refractivity contribution in [1.29, 1.82) is 0 Å². The molecule has 0 saturated carbocycles. The first-order valence-electron chi connectivity index (χ1n) is 11.0. The fourth-order valence-electron chi connectivity index (χ4n) is 4.14. The zero-order valence-electron chi connectivity index (χ0n) is 18.7. The molecule has 33 heavy (non-hydrogen) atoms. The molecular formula is C26H27NO6. The van der Waals surface area contributed by atoms with E-state index in [0.29, 0.717) is 37.4 Å². The van der Waals surface area contributed by atoms with Crippen molar-refractivity contribution in [2.24, 2.45) is 5.92 Å². The molecule has 0 aliphatic carbocycles. The summed E-state index contributed by atoms with van der Waals surface area (Å²) in [6, 6.07) is 17.8. The minimum absolute atomic E-state index is 0.209. The number of furan rings is 1. The van der Waals surface area contributed by atoms with Crippen LogP contribution in [0.5, 0.6) is 11.5 Å². The molecule has 7 heteroatoms. The predicted molar refractivity (Wildman–Crippen MR) is 121 cm³/mol. The smallest absolute Gasteiger partial charge is 0.390 e. The molecule has 0 radical (unpaired) electrons. The van der Waals surface area contributed by atoms with Gasteiger partial charge in [-0.1, -0.05) is 36.4 Å². The molecule has 1 aliphatic rings. The summed E-state index contributed by atoms with van der Waals surface area (Å²) in [6.45, 7) is 4.46. The number of hydrogen-bond donors (Lipinski definition) is 1. The van der Waals surface area contributed by atoms with E-state index in [2.05, 4.69) is 0 Å². The highest BCUT2D eigenvalue weighted by Crippen LogP contribution is 2.37. The molecule has 3 aromatic rings. The van der Waals surface area contributed by atoms with Crippen LogP contribution in [0.1, 0.15) is 34.5 Å². The molecule has 1 N–H and O–H groups in total. The summed E-state index contributed by atoms with van der Waals surface area (Å²) in [5.41, 5.74) is 1.61. The Kier molecular flexibility index (Phi) is 6.40. The number of rotatable bonds is 7. The molecule has 2 aromatic carbocycles. The average molecular weight is 450 g/mol. The van der Waals surface area contributed by atoms with Crippen LogP contribution in [0.15, 0.2) is 71.3 Å². The molecule has 1 aliphatic heterocycles. The van der Waals surface area contributed by atoms with Crippen molar-refractivity contribution < 1.29 is 28.6 Å². The second-order valence-electron chi connectivity index (χ2n) is 8.25. The van der Waals surface area contributed by atoms with Crippen molar-refractivity contribution in [1.82, 2.24) is 4.90 Å². The summed E-state index contributed by atoms with van der Waals surface area (Å²) < 4.78 is 17.7. The van der Waals surface area contributed by atoms with Crippen LogP contribution < -0.4 is 9.47 Å². The number of piperidine rings is 1. The molecule has 1 aromatic heterocycles. The Labute approximate surface area is 192 Å². The van der Waals surface area contributed by atoms with E-state index >= 15 is 0 Å². The van der Waals surface area contributed by atoms with Gasteiger partial charge in [0, 0.05) is 13.1 Å². The number of ether oxygens (including phenoxy) is 2. The molecule has 0 unspecified atom stereocenters. The third-order valence-electron chi connectivity index (χ3n) is 6.06. The number of hydrogen-bond acceptors (Lipinski definition) is 5. The number of para-hydroxylation sites is 2. The van der Waals surface area contributed by atoms with Gasteiger partial charge in [-0.2, -0.15) is 0 Å². The van der Waals surface area contributed by atoms with Gasteiger partial charge in [0.15, 0.2) is 5.76 Å². The highest BCUT2D eigenvalue weighted by molar-refractivity contribution is 5.91. The number of nitrogens with zero attached hydrogens (tertiary/aromatic N) is 1. The summed E-state index contributed by atoms with van der Waals surface area (Å²) >= 11 is 0. The van der Waals surface area contributed by atoms with Crippen molar-refractivity contribution in [3.05, 3.63) is 83.8 Å². The van der Waals surface area contributed by atoms with Crippen LogP contribution in [-0.2, 0) is 4.79 Å². The van der Waals surface area contributed by atoms with Gasteiger partial charge >= 0.3 is 11.8 Å². The monoisotopic (exact) mass is 449 g/mol. The standard InChI is InChI=1S/C26H27NO6/c1-18-8-3-5-10-21(18)32-26(25(29)30,33-22-11-6-4-9-19(22)2)20-13-15-27(16-14-20)24(28)23-12-7-17-31-23/h3-12,17,20H,13-16H2,1-2H3,(H,29,30). The van der Waals surface area contributed by atoms with Crippen LogP contribution in [0.25, 0.3) is 0 Å². The summed E-state index contributed by atoms with van der Waals surface area (Å²) in [5.74, 6) is -2.69. The summed E-state index contributed by atoms with van der Waals surface area (Å²) in [6.07, 6.45) is 2.26. The van der Waals surface area contributed by atoms with E-state index in [1.54, 1.807) is 41.3 Å². The molecule has 0 atom stereocenters. The van der Waals surface area contributed by atoms with Gasteiger partial charge in [0.2, 0.25) is 0 Å². The number of amides is 1. The van der Waals surface area contributed by atoms with Crippen molar-refractivity contribution >= 4 is 11.9 Å². The zero-order chi connectivity index (χ0) is 23.4. The maximum atomic E-state index is 12.8. The molecule has 172 valence electrons. The summed E-state index contributed by atoms with van der Waals surface area (Å²) in [7, 11) is 0. The van der Waals surface area contributed by atoms with Crippen LogP contribution >= 0.6 is 0 Å². The number of aliphatic carboxylic acids is 1. The van der Waals surface area contributed by atoms with Crippen molar-refractivity contribution in [2.45, 2.75) is 32.5 Å². The van der Waals surface area contributed by atoms with E-state index in [9.17, 15) is 14.7 Å². The lowest BCUT2D eigenvalue weighted by molar-refractivity contribution is -0.204. The first kappa shape index (κ1) is 22.5. The van der Waals surface area contributed by atoms with Crippen molar-refractivity contribution in [3.8, 4) is 11.5 Å². The van der Waals surface area contributed by atoms with Gasteiger partial charge in [0.25, 0.3) is 5.91 Å². The van der Waals surface area contributed by atoms with E-state index in [-0.39, 0.29) is 11.7 Å². The van der Waals surface area contributed by atoms with Gasteiger partial charge < -0.3 is 23.9 Å². The molecule has 0 spiro atoms. The van der Waals surface area contributed by atoms with Gasteiger partial charge in [-0.25, -0.2) is 4.79 Å². The molecule has 1 amide bonds. The van der Waals surface area contributed by atoms with Gasteiger partial charge in [-0.3, -0.25) is 4.79 Å². The Morgan fingerprint density at radius 1 is 0.909 bits per heavy atom. The number of carbonyl (C=O) groups is 2. The van der Waals surface area contributed by atoms with Gasteiger partial charge in [-0.15, -0.1) is 0 Å². The molecule has 2 heterocycles. The van der Waals surface area contributed by atoms with Crippen molar-refractivity contribution in [2.75, 3.05) is 13.1 Å². The Morgan fingerprint density at radius 2 is 1.45 bits per heavy atom. The Balaban J connectivity index is 1.65. The minimum atomic E-state index is -1.95. The molecular weight excluding hydrogens is 422 g/mol. The Bertz CT molecular complexity index is 1070. The zero-order valence-corrected chi connectivity index (χ0v) is 18.7. The first-order valence-corrected chi connectivity index (χ1v) is 11.0. The lowest BCUT2D eigenvalue weighted by Crippen LogP contribution is -2.59. The number of likely N-dealkylation sites (tertiary alicyclic amines) is 1. The maximum Gasteiger partial charge on any atom is 0.390 e. The third kappa shape index (κ3) is 4.58. The number of carboxylic acids is 1. The van der Waals surface area contributed by atoms with Gasteiger partial charge in [0.1, 0.15) is 11.5 Å². The van der Waals surface area contributed by atoms with Gasteiger partial charge in [0.05, 0.1) is 12.2 Å². The fourth-order valence-corrected chi connectivity index (χ4v) is 4.14. The lowest BCUT2D eigenvalue weighted by atomic mass is 9.87. The molecule has 4 rings (SSSR count). The lowest BCUT2D eigenvalue weighted by Gasteiger charge is -2.41. The largest absolute Gasteiger partial charge is 0.475 e. The van der Waals surface area contributed by atoms with E-state index < -0.39 is 17.7 Å². The normalized spacial score (nSPS) is 14.7. The van der Waals surface area contributed by atoms with Crippen LogP contribution in [0, 0.1) is 19.8 Å². The van der Waals surface area contributed by atoms with Crippen LogP contribution in [-0.4, -0.2) is 40.8 Å². The third-order valence-corrected chi connectivity index (χ3v) is 6.06. The topological polar surface area (TPSA) is 89.2 Å². The van der Waals surface area contributed by atoms with E-state index in [1.165, 1.54) is 6.26 Å². The molecule has 7 nitrogen and oxygen atoms in total. The molecule has 1 fully saturated rings. The second kappa shape index (κ2) is 9.40. The number of benzene rings is 2. The summed E-state index contributed by atoms with van der Waals surface area (Å²) in [5, 5.41) is 10.5. The van der Waals surface area contributed by atoms with Crippen molar-refractivity contribution in [3.63, 3.8) is 0 Å².